The van der Waals surface area contributed by atoms with E-state index in [2.05, 4.69) is 36.6 Å². The number of hydrogen-bond donors (Lipinski definition) is 9. The van der Waals surface area contributed by atoms with Crippen molar-refractivity contribution in [2.45, 2.75) is 70.2 Å². The summed E-state index contributed by atoms with van der Waals surface area (Å²) in [5.74, 6) is -4.25. The molecule has 4 aromatic rings. The maximum atomic E-state index is 14.2. The molecule has 0 radical (unpaired) electrons. The van der Waals surface area contributed by atoms with Crippen molar-refractivity contribution >= 4 is 69.1 Å². The summed E-state index contributed by atoms with van der Waals surface area (Å²) in [7, 11) is 0. The highest BCUT2D eigenvalue weighted by atomic mass is 32.2. The summed E-state index contributed by atoms with van der Waals surface area (Å²) < 4.78 is 0. The van der Waals surface area contributed by atoms with Crippen LogP contribution >= 0.6 is 11.8 Å². The van der Waals surface area contributed by atoms with Crippen molar-refractivity contribution in [1.82, 2.24) is 36.6 Å². The molecule has 0 spiro atoms. The van der Waals surface area contributed by atoms with Gasteiger partial charge in [-0.1, -0.05) is 50.2 Å². The highest BCUT2D eigenvalue weighted by molar-refractivity contribution is 7.98. The van der Waals surface area contributed by atoms with Crippen LogP contribution in [0.25, 0.3) is 21.8 Å². The number of H-pyrrole nitrogens is 2. The van der Waals surface area contributed by atoms with E-state index in [0.29, 0.717) is 16.9 Å². The van der Waals surface area contributed by atoms with E-state index in [1.807, 2.05) is 54.8 Å². The summed E-state index contributed by atoms with van der Waals surface area (Å²) in [4.78, 5) is 85.1. The van der Waals surface area contributed by atoms with Crippen molar-refractivity contribution in [3.8, 4) is 0 Å². The first kappa shape index (κ1) is 40.4. The topological polar surface area (TPSA) is 240 Å². The maximum Gasteiger partial charge on any atom is 0.326 e. The molecule has 15 nitrogen and oxygen atoms in total. The van der Waals surface area contributed by atoms with Gasteiger partial charge in [0.25, 0.3) is 0 Å². The van der Waals surface area contributed by atoms with Crippen LogP contribution in [-0.4, -0.2) is 99.3 Å². The Morgan fingerprint density at radius 2 is 1.19 bits per heavy atom. The summed E-state index contributed by atoms with van der Waals surface area (Å²) in [5.41, 5.74) is 8.47. The first-order valence-corrected chi connectivity index (χ1v) is 18.7. The van der Waals surface area contributed by atoms with Crippen molar-refractivity contribution in [1.29, 1.82) is 0 Å². The van der Waals surface area contributed by atoms with Gasteiger partial charge in [-0.2, -0.15) is 11.8 Å². The monoisotopic (exact) mass is 748 g/mol. The average Bonchev–Trinajstić information content (AvgIpc) is 3.74. The van der Waals surface area contributed by atoms with Crippen LogP contribution in [0.2, 0.25) is 0 Å². The average molecular weight is 749 g/mol. The van der Waals surface area contributed by atoms with Crippen molar-refractivity contribution in [3.05, 3.63) is 72.1 Å². The van der Waals surface area contributed by atoms with E-state index >= 15 is 0 Å². The van der Waals surface area contributed by atoms with E-state index < -0.39 is 65.7 Å². The number of aliphatic carboxylic acids is 1. The Morgan fingerprint density at radius 3 is 1.66 bits per heavy atom. The Balaban J connectivity index is 1.62. The van der Waals surface area contributed by atoms with Crippen LogP contribution in [0.3, 0.4) is 0 Å². The van der Waals surface area contributed by atoms with Crippen molar-refractivity contribution in [2.24, 2.45) is 11.7 Å². The minimum absolute atomic E-state index is 0.0102. The van der Waals surface area contributed by atoms with E-state index in [-0.39, 0.29) is 31.7 Å². The summed E-state index contributed by atoms with van der Waals surface area (Å²) in [6.45, 7) is 4.60. The molecule has 0 saturated carbocycles. The fourth-order valence-electron chi connectivity index (χ4n) is 5.93. The third-order valence-corrected chi connectivity index (χ3v) is 9.54. The molecule has 4 rings (SSSR count). The van der Waals surface area contributed by atoms with Gasteiger partial charge in [0.2, 0.25) is 29.5 Å². The molecular weight excluding hydrogens is 701 g/mol. The molecule has 2 aromatic carbocycles. The zero-order valence-electron chi connectivity index (χ0n) is 30.2. The number of benzene rings is 2. The molecule has 0 unspecified atom stereocenters. The number of amides is 5. The predicted molar refractivity (Wildman–Crippen MR) is 204 cm³/mol. The lowest BCUT2D eigenvalue weighted by molar-refractivity contribution is -0.142. The lowest BCUT2D eigenvalue weighted by Crippen LogP contribution is -2.59. The Labute approximate surface area is 311 Å². The lowest BCUT2D eigenvalue weighted by Gasteiger charge is -2.26. The van der Waals surface area contributed by atoms with Gasteiger partial charge in [-0.05, 0) is 54.5 Å². The van der Waals surface area contributed by atoms with Crippen LogP contribution in [0.5, 0.6) is 0 Å². The molecule has 0 bridgehead atoms. The largest absolute Gasteiger partial charge is 0.480 e. The predicted octanol–water partition coefficient (Wildman–Crippen LogP) is 1.33. The molecule has 16 heteroatoms. The molecule has 0 aliphatic carbocycles. The molecule has 53 heavy (non-hydrogen) atoms. The molecule has 0 fully saturated rings. The number of rotatable bonds is 19. The Morgan fingerprint density at radius 1 is 0.698 bits per heavy atom. The summed E-state index contributed by atoms with van der Waals surface area (Å²) in [6.07, 6.45) is 5.49. The highest BCUT2D eigenvalue weighted by Gasteiger charge is 2.33. The van der Waals surface area contributed by atoms with Crippen LogP contribution in [0.4, 0.5) is 0 Å². The van der Waals surface area contributed by atoms with Gasteiger partial charge in [0.1, 0.15) is 30.2 Å². The number of carbonyl (C=O) groups excluding carboxylic acids is 5. The van der Waals surface area contributed by atoms with E-state index in [1.54, 1.807) is 26.2 Å². The SMILES string of the molecule is CSCC[C@H](NC(=O)[C@H](Cc1c[nH]c2ccccc12)NC(=O)[C@H](Cc1c[nH]c2ccccc12)NC(=O)[C@H](C)NC(=O)[C@@H](NC(=O)CN)C(C)C)C(=O)O. The normalized spacial score (nSPS) is 14.2. The Kier molecular flexibility index (Phi) is 14.4. The smallest absolute Gasteiger partial charge is 0.326 e. The zero-order chi connectivity index (χ0) is 38.7. The van der Waals surface area contributed by atoms with E-state index in [4.69, 9.17) is 5.73 Å². The second-order valence-electron chi connectivity index (χ2n) is 13.2. The number of nitrogens with two attached hydrogens (primary N) is 1. The molecule has 5 atom stereocenters. The number of carboxylic acid groups (broad SMARTS) is 1. The second kappa shape index (κ2) is 18.9. The Bertz CT molecular complexity index is 1920. The van der Waals surface area contributed by atoms with Crippen molar-refractivity contribution in [2.75, 3.05) is 18.6 Å². The van der Waals surface area contributed by atoms with Gasteiger partial charge < -0.3 is 47.4 Å². The van der Waals surface area contributed by atoms with Crippen LogP contribution in [0.1, 0.15) is 38.3 Å². The number of nitrogens with one attached hydrogen (secondary N) is 7. The second-order valence-corrected chi connectivity index (χ2v) is 14.1. The standard InChI is InChI=1S/C37H48N8O7S/c1-20(2)32(45-31(46)17-38)36(50)41-21(3)33(47)43-29(15-22-18-39-26-11-7-5-9-24(22)26)35(49)44-30(34(48)42-28(37(51)52)13-14-53-4)16-23-19-40-27-12-8-6-10-25(23)27/h5-12,18-21,28-30,32,39-40H,13-17,38H2,1-4H3,(H,41,50)(H,42,48)(H,43,47)(H,44,49)(H,45,46)(H,51,52)/t21-,28-,29-,30-,32-/m0/s1. The molecule has 5 amide bonds. The molecule has 0 aliphatic heterocycles. The van der Waals surface area contributed by atoms with Gasteiger partial charge in [0.05, 0.1) is 6.54 Å². The molecule has 0 aliphatic rings. The van der Waals surface area contributed by atoms with Crippen LogP contribution < -0.4 is 32.3 Å². The third-order valence-electron chi connectivity index (χ3n) is 8.89. The van der Waals surface area contributed by atoms with Gasteiger partial charge in [-0.15, -0.1) is 0 Å². The summed E-state index contributed by atoms with van der Waals surface area (Å²) in [5, 5.41) is 24.8. The Hall–Kier alpha value is -5.35. The molecule has 2 heterocycles. The minimum atomic E-state index is -1.23. The number of aromatic amines is 2. The highest BCUT2D eigenvalue weighted by Crippen LogP contribution is 2.21. The van der Waals surface area contributed by atoms with Gasteiger partial charge in [0, 0.05) is 47.0 Å². The number of aromatic nitrogens is 2. The number of carboxylic acids is 1. The quantitative estimate of drug-likeness (QED) is 0.0671. The summed E-state index contributed by atoms with van der Waals surface area (Å²) >= 11 is 1.44. The molecule has 2 aromatic heterocycles. The molecule has 0 saturated heterocycles. The van der Waals surface area contributed by atoms with Crippen molar-refractivity contribution in [3.63, 3.8) is 0 Å². The van der Waals surface area contributed by atoms with E-state index in [0.717, 1.165) is 21.8 Å². The lowest BCUT2D eigenvalue weighted by atomic mass is 10.0. The minimum Gasteiger partial charge on any atom is -0.480 e. The molecular formula is C37H48N8O7S. The van der Waals surface area contributed by atoms with E-state index in [1.165, 1.54) is 18.7 Å². The van der Waals surface area contributed by atoms with Crippen LogP contribution in [0.15, 0.2) is 60.9 Å². The number of carbonyl (C=O) groups is 6. The number of thioether (sulfide) groups is 1. The zero-order valence-corrected chi connectivity index (χ0v) is 31.0. The number of fused-ring (bicyclic) bond motifs is 2. The van der Waals surface area contributed by atoms with E-state index in [9.17, 15) is 33.9 Å². The van der Waals surface area contributed by atoms with Crippen LogP contribution in [-0.2, 0) is 41.6 Å². The first-order valence-electron chi connectivity index (χ1n) is 17.4. The van der Waals surface area contributed by atoms with Crippen molar-refractivity contribution < 1.29 is 33.9 Å². The third kappa shape index (κ3) is 10.8. The summed E-state index contributed by atoms with van der Waals surface area (Å²) in [6, 6.07) is 9.16. The first-order chi connectivity index (χ1) is 25.3. The fraction of sp³-hybridized carbons (Fsp3) is 0.405. The van der Waals surface area contributed by atoms with Gasteiger partial charge in [0.15, 0.2) is 0 Å². The number of hydrogen-bond acceptors (Lipinski definition) is 8. The number of para-hydroxylation sites is 2. The van der Waals surface area contributed by atoms with Gasteiger partial charge in [-0.3, -0.25) is 24.0 Å². The van der Waals surface area contributed by atoms with Gasteiger partial charge >= 0.3 is 5.97 Å². The fourth-order valence-corrected chi connectivity index (χ4v) is 6.40. The van der Waals surface area contributed by atoms with Gasteiger partial charge in [-0.25, -0.2) is 4.79 Å². The van der Waals surface area contributed by atoms with Crippen LogP contribution in [0, 0.1) is 5.92 Å². The maximum absolute atomic E-state index is 14.2. The molecule has 10 N–H and O–H groups in total. The molecule has 284 valence electrons.